The molecule has 2 aliphatic rings. The highest BCUT2D eigenvalue weighted by molar-refractivity contribution is 14.1. The van der Waals surface area contributed by atoms with E-state index in [1.807, 2.05) is 12.3 Å². The van der Waals surface area contributed by atoms with Crippen molar-refractivity contribution in [1.82, 2.24) is 5.32 Å². The minimum Gasteiger partial charge on any atom is -0.349 e. The van der Waals surface area contributed by atoms with Gasteiger partial charge in [-0.2, -0.15) is 0 Å². The second-order valence-electron chi connectivity index (χ2n) is 7.51. The van der Waals surface area contributed by atoms with Crippen molar-refractivity contribution in [3.8, 4) is 0 Å². The Morgan fingerprint density at radius 2 is 1.96 bits per heavy atom. The lowest BCUT2D eigenvalue weighted by Crippen LogP contribution is -2.36. The maximum absolute atomic E-state index is 13.2. The molecule has 0 aliphatic heterocycles. The van der Waals surface area contributed by atoms with Crippen LogP contribution in [-0.2, 0) is 12.8 Å². The summed E-state index contributed by atoms with van der Waals surface area (Å²) in [5, 5.41) is 4.20. The molecule has 0 radical (unpaired) electrons. The van der Waals surface area contributed by atoms with Gasteiger partial charge in [0.1, 0.15) is 5.00 Å². The van der Waals surface area contributed by atoms with E-state index in [4.69, 9.17) is 4.99 Å². The molecule has 1 N–H and O–H groups in total. The van der Waals surface area contributed by atoms with Crippen LogP contribution in [0.25, 0.3) is 0 Å². The zero-order chi connectivity index (χ0) is 18.6. The summed E-state index contributed by atoms with van der Waals surface area (Å²) in [5.41, 5.74) is 3.18. The van der Waals surface area contributed by atoms with Gasteiger partial charge in [0.05, 0.1) is 5.56 Å². The molecule has 0 saturated heterocycles. The number of fused-ring (bicyclic) bond motifs is 1. The fraction of sp³-hybridized carbons (Fsp3) is 0.455. The number of amides is 1. The Bertz CT molecular complexity index is 852. The van der Waals surface area contributed by atoms with Crippen molar-refractivity contribution < 1.29 is 4.79 Å². The number of carbonyl (C=O) groups is 1. The van der Waals surface area contributed by atoms with E-state index in [0.29, 0.717) is 6.04 Å². The Morgan fingerprint density at radius 1 is 1.15 bits per heavy atom. The van der Waals surface area contributed by atoms with E-state index in [2.05, 4.69) is 46.1 Å². The van der Waals surface area contributed by atoms with Crippen molar-refractivity contribution >= 4 is 51.1 Å². The van der Waals surface area contributed by atoms with Gasteiger partial charge in [-0.05, 0) is 84.4 Å². The van der Waals surface area contributed by atoms with Gasteiger partial charge in [-0.15, -0.1) is 11.3 Å². The fourth-order valence-corrected chi connectivity index (χ4v) is 5.90. The molecule has 1 aromatic carbocycles. The van der Waals surface area contributed by atoms with Gasteiger partial charge in [-0.1, -0.05) is 31.4 Å². The molecule has 0 unspecified atom stereocenters. The largest absolute Gasteiger partial charge is 0.349 e. The van der Waals surface area contributed by atoms with Crippen molar-refractivity contribution in [2.75, 3.05) is 0 Å². The Labute approximate surface area is 178 Å². The summed E-state index contributed by atoms with van der Waals surface area (Å²) in [6.07, 6.45) is 12.4. The third kappa shape index (κ3) is 4.62. The standard InChI is InChI=1S/C22H25IN2OS/c23-16-8-6-7-15(13-16)14-24-22-20(18-11-4-5-12-19(18)27-22)21(26)25-17-9-2-1-3-10-17/h6-8,13-14,17H,1-5,9-12H2,(H,25,26). The smallest absolute Gasteiger partial charge is 0.254 e. The number of nitrogens with one attached hydrogen (secondary N) is 1. The monoisotopic (exact) mass is 492 g/mol. The van der Waals surface area contributed by atoms with Gasteiger partial charge in [0.15, 0.2) is 0 Å². The van der Waals surface area contributed by atoms with Crippen molar-refractivity contribution in [2.24, 2.45) is 4.99 Å². The normalized spacial score (nSPS) is 17.8. The molecule has 2 aromatic rings. The van der Waals surface area contributed by atoms with Crippen molar-refractivity contribution in [2.45, 2.75) is 63.8 Å². The number of carbonyl (C=O) groups excluding carboxylic acids is 1. The van der Waals surface area contributed by atoms with Gasteiger partial charge in [0, 0.05) is 20.7 Å². The van der Waals surface area contributed by atoms with Crippen LogP contribution in [0.4, 0.5) is 5.00 Å². The van der Waals surface area contributed by atoms with E-state index < -0.39 is 0 Å². The molecule has 1 saturated carbocycles. The Hall–Kier alpha value is -1.21. The highest BCUT2D eigenvalue weighted by Gasteiger charge is 2.27. The summed E-state index contributed by atoms with van der Waals surface area (Å²) in [6, 6.07) is 8.61. The lowest BCUT2D eigenvalue weighted by atomic mass is 9.93. The molecule has 3 nitrogen and oxygen atoms in total. The van der Waals surface area contributed by atoms with Crippen LogP contribution in [-0.4, -0.2) is 18.2 Å². The molecule has 1 aromatic heterocycles. The van der Waals surface area contributed by atoms with E-state index >= 15 is 0 Å². The molecule has 0 atom stereocenters. The number of thiophene rings is 1. The number of aryl methyl sites for hydroxylation is 1. The lowest BCUT2D eigenvalue weighted by Gasteiger charge is -2.23. The number of halogens is 1. The first kappa shape index (κ1) is 19.1. The molecule has 1 fully saturated rings. The third-order valence-corrected chi connectivity index (χ3v) is 7.37. The van der Waals surface area contributed by atoms with Crippen LogP contribution in [0.15, 0.2) is 29.3 Å². The third-order valence-electron chi connectivity index (χ3n) is 5.50. The van der Waals surface area contributed by atoms with Gasteiger partial charge in [-0.25, -0.2) is 4.99 Å². The summed E-state index contributed by atoms with van der Waals surface area (Å²) in [4.78, 5) is 19.3. The molecular weight excluding hydrogens is 467 g/mol. The average molecular weight is 492 g/mol. The molecular formula is C22H25IN2OS. The van der Waals surface area contributed by atoms with Crippen LogP contribution in [0.1, 0.15) is 71.3 Å². The van der Waals surface area contributed by atoms with Crippen LogP contribution < -0.4 is 5.32 Å². The van der Waals surface area contributed by atoms with Crippen molar-refractivity contribution in [3.63, 3.8) is 0 Å². The van der Waals surface area contributed by atoms with Crippen molar-refractivity contribution in [3.05, 3.63) is 49.4 Å². The van der Waals surface area contributed by atoms with E-state index in [9.17, 15) is 4.79 Å². The van der Waals surface area contributed by atoms with E-state index in [-0.39, 0.29) is 5.91 Å². The quantitative estimate of drug-likeness (QED) is 0.410. The zero-order valence-corrected chi connectivity index (χ0v) is 18.4. The fourth-order valence-electron chi connectivity index (χ4n) is 4.10. The summed E-state index contributed by atoms with van der Waals surface area (Å²) >= 11 is 4.03. The Kier molecular flexibility index (Phi) is 6.28. The van der Waals surface area contributed by atoms with E-state index in [0.717, 1.165) is 41.8 Å². The number of benzene rings is 1. The minimum atomic E-state index is 0.0936. The first-order chi connectivity index (χ1) is 13.2. The summed E-state index contributed by atoms with van der Waals surface area (Å²) in [7, 11) is 0. The molecule has 5 heteroatoms. The number of hydrogen-bond acceptors (Lipinski definition) is 3. The molecule has 2 aliphatic carbocycles. The second kappa shape index (κ2) is 8.86. The minimum absolute atomic E-state index is 0.0936. The lowest BCUT2D eigenvalue weighted by molar-refractivity contribution is 0.0927. The van der Waals surface area contributed by atoms with Crippen LogP contribution in [0.3, 0.4) is 0 Å². The van der Waals surface area contributed by atoms with Gasteiger partial charge in [-0.3, -0.25) is 4.79 Å². The van der Waals surface area contributed by atoms with Gasteiger partial charge in [0.25, 0.3) is 5.91 Å². The molecule has 0 spiro atoms. The van der Waals surface area contributed by atoms with E-state index in [1.54, 1.807) is 11.3 Å². The SMILES string of the molecule is O=C(NC1CCCCC1)c1c(N=Cc2cccc(I)c2)sc2c1CCCC2. The Balaban J connectivity index is 1.62. The molecule has 27 heavy (non-hydrogen) atoms. The van der Waals surface area contributed by atoms with Gasteiger partial charge < -0.3 is 5.32 Å². The predicted molar refractivity (Wildman–Crippen MR) is 122 cm³/mol. The molecule has 1 amide bonds. The summed E-state index contributed by atoms with van der Waals surface area (Å²) in [5.74, 6) is 0.0936. The van der Waals surface area contributed by atoms with Crippen LogP contribution in [0, 0.1) is 3.57 Å². The molecule has 0 bridgehead atoms. The van der Waals surface area contributed by atoms with E-state index in [1.165, 1.54) is 46.1 Å². The second-order valence-corrected chi connectivity index (χ2v) is 9.84. The first-order valence-electron chi connectivity index (χ1n) is 9.96. The van der Waals surface area contributed by atoms with Gasteiger partial charge >= 0.3 is 0 Å². The maximum atomic E-state index is 13.2. The highest BCUT2D eigenvalue weighted by atomic mass is 127. The van der Waals surface area contributed by atoms with Gasteiger partial charge in [0.2, 0.25) is 0 Å². The highest BCUT2D eigenvalue weighted by Crippen LogP contribution is 2.40. The average Bonchev–Trinajstić information content (AvgIpc) is 3.06. The topological polar surface area (TPSA) is 41.5 Å². The Morgan fingerprint density at radius 3 is 2.78 bits per heavy atom. The molecule has 4 rings (SSSR count). The number of aliphatic imine (C=N–C) groups is 1. The summed E-state index contributed by atoms with van der Waals surface area (Å²) < 4.78 is 1.19. The summed E-state index contributed by atoms with van der Waals surface area (Å²) in [6.45, 7) is 0. The van der Waals surface area contributed by atoms with Crippen molar-refractivity contribution in [1.29, 1.82) is 0 Å². The maximum Gasteiger partial charge on any atom is 0.254 e. The predicted octanol–water partition coefficient (Wildman–Crippen LogP) is 6.04. The first-order valence-corrected chi connectivity index (χ1v) is 11.9. The number of nitrogens with zero attached hydrogens (tertiary/aromatic N) is 1. The molecule has 142 valence electrons. The number of rotatable bonds is 4. The molecule has 1 heterocycles. The van der Waals surface area contributed by atoms with Crippen LogP contribution in [0.2, 0.25) is 0 Å². The van der Waals surface area contributed by atoms with Crippen LogP contribution in [0.5, 0.6) is 0 Å². The zero-order valence-electron chi connectivity index (χ0n) is 15.5. The number of hydrogen-bond donors (Lipinski definition) is 1. The van der Waals surface area contributed by atoms with Crippen LogP contribution >= 0.6 is 33.9 Å².